The summed E-state index contributed by atoms with van der Waals surface area (Å²) in [4.78, 5) is 4.62. The molecule has 10 aromatic rings. The van der Waals surface area contributed by atoms with Crippen molar-refractivity contribution < 1.29 is 4.42 Å². The zero-order valence-corrected chi connectivity index (χ0v) is 30.1. The van der Waals surface area contributed by atoms with Crippen LogP contribution in [0.3, 0.4) is 0 Å². The van der Waals surface area contributed by atoms with E-state index in [4.69, 9.17) is 4.42 Å². The van der Waals surface area contributed by atoms with E-state index in [1.807, 2.05) is 12.1 Å². The van der Waals surface area contributed by atoms with Gasteiger partial charge in [-0.25, -0.2) is 0 Å². The second-order valence-corrected chi connectivity index (χ2v) is 13.8. The maximum Gasteiger partial charge on any atom is 0.137 e. The minimum absolute atomic E-state index is 0.873. The quantitative estimate of drug-likeness (QED) is 0.157. The van der Waals surface area contributed by atoms with E-state index >= 15 is 0 Å². The van der Waals surface area contributed by atoms with Crippen LogP contribution in [0.4, 0.5) is 34.1 Å². The molecule has 0 fully saturated rings. The fourth-order valence-corrected chi connectivity index (χ4v) is 7.68. The van der Waals surface area contributed by atoms with Crippen molar-refractivity contribution in [2.45, 2.75) is 0 Å². The van der Waals surface area contributed by atoms with Crippen molar-refractivity contribution >= 4 is 66.8 Å². The van der Waals surface area contributed by atoms with Crippen LogP contribution < -0.4 is 9.80 Å². The van der Waals surface area contributed by atoms with Gasteiger partial charge in [-0.15, -0.1) is 0 Å². The Morgan fingerprint density at radius 2 is 0.673 bits per heavy atom. The van der Waals surface area contributed by atoms with E-state index in [2.05, 4.69) is 216 Å². The van der Waals surface area contributed by atoms with Crippen LogP contribution in [0.1, 0.15) is 0 Å². The van der Waals surface area contributed by atoms with Gasteiger partial charge in [0.1, 0.15) is 11.2 Å². The fourth-order valence-electron chi connectivity index (χ4n) is 7.68. The number of anilines is 6. The molecule has 0 N–H and O–H groups in total. The summed E-state index contributed by atoms with van der Waals surface area (Å²) in [6, 6.07) is 77.5. The van der Waals surface area contributed by atoms with E-state index in [1.54, 1.807) is 0 Å². The first kappa shape index (κ1) is 32.3. The maximum atomic E-state index is 6.34. The van der Waals surface area contributed by atoms with Gasteiger partial charge in [0.2, 0.25) is 0 Å². The largest absolute Gasteiger partial charge is 0.456 e. The average molecular weight is 705 g/mol. The lowest BCUT2D eigenvalue weighted by molar-refractivity contribution is 0.669. The number of hydrogen-bond acceptors (Lipinski definition) is 3. The molecule has 1 heterocycles. The van der Waals surface area contributed by atoms with Crippen molar-refractivity contribution in [3.63, 3.8) is 0 Å². The Morgan fingerprint density at radius 1 is 0.255 bits per heavy atom. The van der Waals surface area contributed by atoms with Crippen LogP contribution in [0.25, 0.3) is 55.0 Å². The van der Waals surface area contributed by atoms with Crippen molar-refractivity contribution in [3.8, 4) is 22.3 Å². The molecule has 0 aliphatic heterocycles. The maximum absolute atomic E-state index is 6.34. The van der Waals surface area contributed by atoms with Crippen LogP contribution in [0.5, 0.6) is 0 Å². The average Bonchev–Trinajstić information content (AvgIpc) is 3.63. The molecule has 260 valence electrons. The Labute approximate surface area is 320 Å². The summed E-state index contributed by atoms with van der Waals surface area (Å²) >= 11 is 0. The molecule has 0 atom stereocenters. The van der Waals surface area contributed by atoms with Gasteiger partial charge in [-0.1, -0.05) is 133 Å². The van der Waals surface area contributed by atoms with E-state index in [-0.39, 0.29) is 0 Å². The van der Waals surface area contributed by atoms with Gasteiger partial charge in [0, 0.05) is 51.0 Å². The lowest BCUT2D eigenvalue weighted by Gasteiger charge is -2.26. The molecule has 3 nitrogen and oxygen atoms in total. The van der Waals surface area contributed by atoms with E-state index in [0.717, 1.165) is 67.2 Å². The molecule has 0 amide bonds. The first-order chi connectivity index (χ1) is 27.2. The molecule has 10 rings (SSSR count). The molecule has 0 radical (unpaired) electrons. The standard InChI is InChI=1S/C52H36N2O/c1-3-11-37(12-4-1)39-19-26-44(27-20-39)53(43-15-5-2-6-16-43)45-28-21-40(22-29-45)41-23-30-46(31-24-41)54(47-32-25-38-13-7-8-14-42(38)35-47)48-33-34-50-49-17-9-10-18-51(49)55-52(50)36-48/h1-36H. The third kappa shape index (κ3) is 6.18. The molecule has 1 aromatic heterocycles. The monoisotopic (exact) mass is 704 g/mol. The number of rotatable bonds is 8. The highest BCUT2D eigenvalue weighted by Crippen LogP contribution is 2.41. The highest BCUT2D eigenvalue weighted by Gasteiger charge is 2.17. The summed E-state index contributed by atoms with van der Waals surface area (Å²) in [6.45, 7) is 0. The van der Waals surface area contributed by atoms with Crippen molar-refractivity contribution in [2.24, 2.45) is 0 Å². The number of furan rings is 1. The predicted molar refractivity (Wildman–Crippen MR) is 231 cm³/mol. The minimum atomic E-state index is 0.873. The van der Waals surface area contributed by atoms with Gasteiger partial charge in [-0.2, -0.15) is 0 Å². The second kappa shape index (κ2) is 13.9. The van der Waals surface area contributed by atoms with Crippen LogP contribution in [-0.4, -0.2) is 0 Å². The lowest BCUT2D eigenvalue weighted by atomic mass is 10.0. The Hall–Kier alpha value is -7.36. The van der Waals surface area contributed by atoms with Gasteiger partial charge in [-0.3, -0.25) is 0 Å². The molecular formula is C52H36N2O. The van der Waals surface area contributed by atoms with Crippen LogP contribution in [-0.2, 0) is 0 Å². The van der Waals surface area contributed by atoms with Crippen molar-refractivity contribution in [3.05, 3.63) is 218 Å². The predicted octanol–water partition coefficient (Wildman–Crippen LogP) is 15.0. The minimum Gasteiger partial charge on any atom is -0.456 e. The number of fused-ring (bicyclic) bond motifs is 4. The Kier molecular flexibility index (Phi) is 8.16. The van der Waals surface area contributed by atoms with Gasteiger partial charge in [0.15, 0.2) is 0 Å². The molecule has 9 aromatic carbocycles. The topological polar surface area (TPSA) is 19.6 Å². The molecule has 0 aliphatic rings. The van der Waals surface area contributed by atoms with Gasteiger partial charge in [-0.05, 0) is 112 Å². The zero-order chi connectivity index (χ0) is 36.6. The highest BCUT2D eigenvalue weighted by molar-refractivity contribution is 6.06. The highest BCUT2D eigenvalue weighted by atomic mass is 16.3. The number of para-hydroxylation sites is 2. The molecular weight excluding hydrogens is 669 g/mol. The second-order valence-electron chi connectivity index (χ2n) is 13.8. The van der Waals surface area contributed by atoms with E-state index in [1.165, 1.54) is 21.9 Å². The molecule has 0 unspecified atom stereocenters. The molecule has 0 saturated carbocycles. The van der Waals surface area contributed by atoms with E-state index in [9.17, 15) is 0 Å². The number of benzene rings is 9. The van der Waals surface area contributed by atoms with Crippen molar-refractivity contribution in [2.75, 3.05) is 9.80 Å². The molecule has 0 bridgehead atoms. The van der Waals surface area contributed by atoms with E-state index in [0.29, 0.717) is 0 Å². The van der Waals surface area contributed by atoms with Gasteiger partial charge in [0.25, 0.3) is 0 Å². The SMILES string of the molecule is c1ccc(-c2ccc(N(c3ccccc3)c3ccc(-c4ccc(N(c5ccc6ccccc6c5)c5ccc6c(c5)oc5ccccc56)cc4)cc3)cc2)cc1. The smallest absolute Gasteiger partial charge is 0.137 e. The summed E-state index contributed by atoms with van der Waals surface area (Å²) in [5, 5.41) is 4.66. The number of hydrogen-bond donors (Lipinski definition) is 0. The Bertz CT molecular complexity index is 2900. The van der Waals surface area contributed by atoms with Crippen LogP contribution in [0.15, 0.2) is 223 Å². The lowest BCUT2D eigenvalue weighted by Crippen LogP contribution is -2.10. The zero-order valence-electron chi connectivity index (χ0n) is 30.1. The summed E-state index contributed by atoms with van der Waals surface area (Å²) in [5.41, 5.74) is 13.0. The first-order valence-corrected chi connectivity index (χ1v) is 18.7. The molecule has 3 heteroatoms. The van der Waals surface area contributed by atoms with Gasteiger partial charge in [0.05, 0.1) is 0 Å². The summed E-state index contributed by atoms with van der Waals surface area (Å²) in [6.07, 6.45) is 0. The normalized spacial score (nSPS) is 11.3. The molecule has 0 aliphatic carbocycles. The molecule has 55 heavy (non-hydrogen) atoms. The van der Waals surface area contributed by atoms with Crippen LogP contribution >= 0.6 is 0 Å². The third-order valence-electron chi connectivity index (χ3n) is 10.4. The molecule has 0 spiro atoms. The van der Waals surface area contributed by atoms with Crippen LogP contribution in [0, 0.1) is 0 Å². The summed E-state index contributed by atoms with van der Waals surface area (Å²) in [7, 11) is 0. The van der Waals surface area contributed by atoms with Crippen molar-refractivity contribution in [1.82, 2.24) is 0 Å². The fraction of sp³-hybridized carbons (Fsp3) is 0. The van der Waals surface area contributed by atoms with Crippen LogP contribution in [0.2, 0.25) is 0 Å². The van der Waals surface area contributed by atoms with Gasteiger partial charge >= 0.3 is 0 Å². The Morgan fingerprint density at radius 3 is 1.31 bits per heavy atom. The third-order valence-corrected chi connectivity index (χ3v) is 10.4. The summed E-state index contributed by atoms with van der Waals surface area (Å²) < 4.78 is 6.34. The van der Waals surface area contributed by atoms with E-state index < -0.39 is 0 Å². The van der Waals surface area contributed by atoms with Gasteiger partial charge < -0.3 is 14.2 Å². The van der Waals surface area contributed by atoms with Crippen molar-refractivity contribution in [1.29, 1.82) is 0 Å². The molecule has 0 saturated heterocycles. The first-order valence-electron chi connectivity index (χ1n) is 18.7. The number of nitrogens with zero attached hydrogens (tertiary/aromatic N) is 2. The summed E-state index contributed by atoms with van der Waals surface area (Å²) in [5.74, 6) is 0. The Balaban J connectivity index is 0.990.